The number of nitrogens with zero attached hydrogens (tertiary/aromatic N) is 1. The number of rotatable bonds is 2. The molecule has 0 aromatic heterocycles. The second-order valence-electron chi connectivity index (χ2n) is 6.25. The SMILES string of the molecule is Cc1ccc([C@@H]2SCCN2C(=O)Nc2ccccc2C(F)(F)F)c(C)c1. The minimum Gasteiger partial charge on any atom is -0.308 e. The molecule has 0 aliphatic carbocycles. The highest BCUT2D eigenvalue weighted by Crippen LogP contribution is 2.40. The Morgan fingerprint density at radius 1 is 1.19 bits per heavy atom. The van der Waals surface area contributed by atoms with Crippen LogP contribution in [0.2, 0.25) is 0 Å². The van der Waals surface area contributed by atoms with Gasteiger partial charge >= 0.3 is 12.2 Å². The van der Waals surface area contributed by atoms with Crippen molar-refractivity contribution in [1.82, 2.24) is 4.90 Å². The number of aryl methyl sites for hydroxylation is 2. The number of amides is 2. The first-order valence-electron chi connectivity index (χ1n) is 8.20. The van der Waals surface area contributed by atoms with Crippen LogP contribution in [0.4, 0.5) is 23.7 Å². The third-order valence-corrected chi connectivity index (χ3v) is 5.56. The van der Waals surface area contributed by atoms with E-state index in [4.69, 9.17) is 0 Å². The molecule has 7 heteroatoms. The summed E-state index contributed by atoms with van der Waals surface area (Å²) in [6.45, 7) is 4.47. The molecule has 0 spiro atoms. The van der Waals surface area contributed by atoms with Crippen LogP contribution in [-0.2, 0) is 6.18 Å². The van der Waals surface area contributed by atoms with Gasteiger partial charge in [0.1, 0.15) is 5.37 Å². The van der Waals surface area contributed by atoms with Crippen molar-refractivity contribution in [2.45, 2.75) is 25.4 Å². The molecule has 1 N–H and O–H groups in total. The van der Waals surface area contributed by atoms with Gasteiger partial charge in [0.05, 0.1) is 11.3 Å². The number of carbonyl (C=O) groups excluding carboxylic acids is 1. The minimum absolute atomic E-state index is 0.200. The predicted molar refractivity (Wildman–Crippen MR) is 98.3 cm³/mol. The molecule has 26 heavy (non-hydrogen) atoms. The quantitative estimate of drug-likeness (QED) is 0.735. The Balaban J connectivity index is 1.84. The molecule has 0 unspecified atom stereocenters. The highest BCUT2D eigenvalue weighted by molar-refractivity contribution is 7.99. The number of thioether (sulfide) groups is 1. The molecule has 0 bridgehead atoms. The molecular weight excluding hydrogens is 361 g/mol. The van der Waals surface area contributed by atoms with Crippen LogP contribution in [0.1, 0.15) is 27.6 Å². The third kappa shape index (κ3) is 3.82. The first-order valence-corrected chi connectivity index (χ1v) is 9.25. The topological polar surface area (TPSA) is 32.3 Å². The molecule has 1 fully saturated rings. The number of urea groups is 1. The van der Waals surface area contributed by atoms with E-state index < -0.39 is 17.8 Å². The van der Waals surface area contributed by atoms with Crippen molar-refractivity contribution in [2.75, 3.05) is 17.6 Å². The molecule has 2 aromatic rings. The van der Waals surface area contributed by atoms with Gasteiger partial charge in [-0.1, -0.05) is 35.9 Å². The summed E-state index contributed by atoms with van der Waals surface area (Å²) >= 11 is 1.62. The summed E-state index contributed by atoms with van der Waals surface area (Å²) in [5.41, 5.74) is 2.14. The van der Waals surface area contributed by atoms with Crippen LogP contribution in [0.3, 0.4) is 0 Å². The van der Waals surface area contributed by atoms with E-state index in [0.717, 1.165) is 28.5 Å². The van der Waals surface area contributed by atoms with Crippen LogP contribution >= 0.6 is 11.8 Å². The fourth-order valence-corrected chi connectivity index (χ4v) is 4.42. The highest BCUT2D eigenvalue weighted by Gasteiger charge is 2.36. The molecule has 1 atom stereocenters. The van der Waals surface area contributed by atoms with Crippen molar-refractivity contribution < 1.29 is 18.0 Å². The fourth-order valence-electron chi connectivity index (χ4n) is 3.06. The normalized spacial score (nSPS) is 17.4. The number of alkyl halides is 3. The largest absolute Gasteiger partial charge is 0.418 e. The summed E-state index contributed by atoms with van der Waals surface area (Å²) < 4.78 is 39.4. The zero-order valence-electron chi connectivity index (χ0n) is 14.4. The molecule has 3 nitrogen and oxygen atoms in total. The van der Waals surface area contributed by atoms with Gasteiger partial charge in [-0.25, -0.2) is 4.79 Å². The lowest BCUT2D eigenvalue weighted by molar-refractivity contribution is -0.136. The maximum Gasteiger partial charge on any atom is 0.418 e. The summed E-state index contributed by atoms with van der Waals surface area (Å²) in [6, 6.07) is 10.5. The van der Waals surface area contributed by atoms with Gasteiger partial charge in [0.15, 0.2) is 0 Å². The van der Waals surface area contributed by atoms with Gasteiger partial charge in [-0.15, -0.1) is 11.8 Å². The average molecular weight is 380 g/mol. The van der Waals surface area contributed by atoms with Crippen molar-refractivity contribution in [3.05, 3.63) is 64.7 Å². The van der Waals surface area contributed by atoms with Gasteiger partial charge in [-0.3, -0.25) is 0 Å². The molecule has 2 aromatic carbocycles. The van der Waals surface area contributed by atoms with Crippen molar-refractivity contribution in [3.8, 4) is 0 Å². The second kappa shape index (κ2) is 7.23. The predicted octanol–water partition coefficient (Wildman–Crippen LogP) is 5.60. The molecule has 1 aliphatic rings. The van der Waals surface area contributed by atoms with E-state index in [1.165, 1.54) is 18.2 Å². The lowest BCUT2D eigenvalue weighted by atomic mass is 10.1. The smallest absolute Gasteiger partial charge is 0.308 e. The fraction of sp³-hybridized carbons (Fsp3) is 0.316. The highest BCUT2D eigenvalue weighted by atomic mass is 32.2. The Bertz CT molecular complexity index is 823. The summed E-state index contributed by atoms with van der Waals surface area (Å²) in [5, 5.41) is 2.24. The standard InChI is InChI=1S/C19H19F3N2OS/c1-12-7-8-14(13(2)11-12)17-24(9-10-26-17)18(25)23-16-6-4-3-5-15(16)19(20,21)22/h3-8,11,17H,9-10H2,1-2H3,(H,23,25)/t17-/m0/s1. The monoisotopic (exact) mass is 380 g/mol. The van der Waals surface area contributed by atoms with Gasteiger partial charge in [0, 0.05) is 12.3 Å². The van der Waals surface area contributed by atoms with Crippen LogP contribution < -0.4 is 5.32 Å². The number of anilines is 1. The molecule has 1 saturated heterocycles. The van der Waals surface area contributed by atoms with E-state index >= 15 is 0 Å². The Labute approximate surface area is 154 Å². The van der Waals surface area contributed by atoms with Crippen LogP contribution in [-0.4, -0.2) is 23.2 Å². The maximum absolute atomic E-state index is 13.1. The van der Waals surface area contributed by atoms with E-state index in [0.29, 0.717) is 6.54 Å². The molecule has 1 aliphatic heterocycles. The number of nitrogens with one attached hydrogen (secondary N) is 1. The van der Waals surface area contributed by atoms with Crippen molar-refractivity contribution in [3.63, 3.8) is 0 Å². The molecule has 0 radical (unpaired) electrons. The Kier molecular flexibility index (Phi) is 5.18. The maximum atomic E-state index is 13.1. The molecule has 3 rings (SSSR count). The van der Waals surface area contributed by atoms with Crippen molar-refractivity contribution in [1.29, 1.82) is 0 Å². The summed E-state index contributed by atoms with van der Waals surface area (Å²) in [5.74, 6) is 0.742. The van der Waals surface area contributed by atoms with E-state index in [1.807, 2.05) is 32.0 Å². The Morgan fingerprint density at radius 2 is 1.92 bits per heavy atom. The number of halogens is 3. The third-order valence-electron chi connectivity index (χ3n) is 4.32. The second-order valence-corrected chi connectivity index (χ2v) is 7.44. The molecule has 0 saturated carbocycles. The van der Waals surface area contributed by atoms with Crippen LogP contribution in [0.5, 0.6) is 0 Å². The van der Waals surface area contributed by atoms with Crippen LogP contribution in [0.15, 0.2) is 42.5 Å². The van der Waals surface area contributed by atoms with Crippen molar-refractivity contribution in [2.24, 2.45) is 0 Å². The van der Waals surface area contributed by atoms with Gasteiger partial charge in [-0.05, 0) is 37.1 Å². The minimum atomic E-state index is -4.52. The lowest BCUT2D eigenvalue weighted by Gasteiger charge is -2.26. The zero-order chi connectivity index (χ0) is 18.9. The lowest BCUT2D eigenvalue weighted by Crippen LogP contribution is -2.35. The van der Waals surface area contributed by atoms with Gasteiger partial charge in [-0.2, -0.15) is 13.2 Å². The molecular formula is C19H19F3N2OS. The number of hydrogen-bond acceptors (Lipinski definition) is 2. The zero-order valence-corrected chi connectivity index (χ0v) is 15.2. The first-order chi connectivity index (χ1) is 12.3. The van der Waals surface area contributed by atoms with Gasteiger partial charge < -0.3 is 10.2 Å². The summed E-state index contributed by atoms with van der Waals surface area (Å²) in [6.07, 6.45) is -4.52. The number of benzene rings is 2. The van der Waals surface area contributed by atoms with E-state index in [2.05, 4.69) is 5.32 Å². The first kappa shape index (κ1) is 18.6. The number of para-hydroxylation sites is 1. The average Bonchev–Trinajstić information content (AvgIpc) is 3.04. The number of carbonyl (C=O) groups is 1. The Morgan fingerprint density at radius 3 is 2.62 bits per heavy atom. The van der Waals surface area contributed by atoms with E-state index in [-0.39, 0.29) is 11.1 Å². The van der Waals surface area contributed by atoms with Crippen molar-refractivity contribution >= 4 is 23.5 Å². The van der Waals surface area contributed by atoms with Gasteiger partial charge in [0.25, 0.3) is 0 Å². The molecule has 138 valence electrons. The summed E-state index contributed by atoms with van der Waals surface area (Å²) in [4.78, 5) is 14.3. The summed E-state index contributed by atoms with van der Waals surface area (Å²) in [7, 11) is 0. The van der Waals surface area contributed by atoms with Crippen LogP contribution in [0, 0.1) is 13.8 Å². The van der Waals surface area contributed by atoms with E-state index in [9.17, 15) is 18.0 Å². The van der Waals surface area contributed by atoms with Crippen LogP contribution in [0.25, 0.3) is 0 Å². The van der Waals surface area contributed by atoms with E-state index in [1.54, 1.807) is 16.7 Å². The Hall–Kier alpha value is -2.15. The molecule has 1 heterocycles. The molecule has 2 amide bonds. The van der Waals surface area contributed by atoms with Gasteiger partial charge in [0.2, 0.25) is 0 Å². The number of hydrogen-bond donors (Lipinski definition) is 1.